The number of methoxy groups -OCH3 is 1. The predicted octanol–water partition coefficient (Wildman–Crippen LogP) is 2.30. The van der Waals surface area contributed by atoms with Crippen LogP contribution in [0.4, 0.5) is 11.6 Å². The summed E-state index contributed by atoms with van der Waals surface area (Å²) in [6.45, 7) is 2.86. The third kappa shape index (κ3) is 4.78. The number of aromatic nitrogens is 2. The molecule has 0 amide bonds. The van der Waals surface area contributed by atoms with Crippen LogP contribution in [0.25, 0.3) is 0 Å². The molecule has 0 aliphatic rings. The number of benzene rings is 1. The molecule has 1 heterocycles. The van der Waals surface area contributed by atoms with Gasteiger partial charge in [-0.1, -0.05) is 11.6 Å². The van der Waals surface area contributed by atoms with Crippen molar-refractivity contribution in [3.05, 3.63) is 40.9 Å². The van der Waals surface area contributed by atoms with Gasteiger partial charge in [-0.15, -0.1) is 10.2 Å². The number of ether oxygens (including phenoxy) is 1. The summed E-state index contributed by atoms with van der Waals surface area (Å²) in [5, 5.41) is 11.2. The molecule has 0 aliphatic carbocycles. The second-order valence-electron chi connectivity index (χ2n) is 4.74. The van der Waals surface area contributed by atoms with Crippen LogP contribution in [0.15, 0.2) is 35.2 Å². The number of nitrogens with one attached hydrogen (secondary N) is 2. The zero-order valence-corrected chi connectivity index (χ0v) is 14.3. The number of halogens is 1. The fraction of sp³-hybridized carbons (Fsp3) is 0.286. The van der Waals surface area contributed by atoms with Crippen molar-refractivity contribution in [2.24, 2.45) is 0 Å². The lowest BCUT2D eigenvalue weighted by molar-refractivity contribution is 0.210. The molecule has 0 radical (unpaired) electrons. The summed E-state index contributed by atoms with van der Waals surface area (Å²) >= 11 is 5.91. The van der Waals surface area contributed by atoms with Gasteiger partial charge < -0.3 is 10.1 Å². The molecule has 0 aliphatic heterocycles. The minimum atomic E-state index is -3.74. The first-order valence-electron chi connectivity index (χ1n) is 6.78. The predicted molar refractivity (Wildman–Crippen MR) is 89.4 cm³/mol. The van der Waals surface area contributed by atoms with Crippen LogP contribution in [-0.2, 0) is 14.8 Å². The Labute approximate surface area is 140 Å². The highest BCUT2D eigenvalue weighted by Gasteiger charge is 2.16. The average Bonchev–Trinajstić information content (AvgIpc) is 2.51. The van der Waals surface area contributed by atoms with E-state index >= 15 is 0 Å². The Morgan fingerprint density at radius 2 is 1.87 bits per heavy atom. The fourth-order valence-corrected chi connectivity index (χ4v) is 2.94. The Morgan fingerprint density at radius 3 is 2.48 bits per heavy atom. The molecular formula is C14H17ClN4O3S. The van der Waals surface area contributed by atoms with E-state index in [0.717, 1.165) is 0 Å². The molecule has 23 heavy (non-hydrogen) atoms. The van der Waals surface area contributed by atoms with Gasteiger partial charge in [0.15, 0.2) is 5.82 Å². The smallest absolute Gasteiger partial charge is 0.263 e. The minimum absolute atomic E-state index is 0.114. The van der Waals surface area contributed by atoms with Crippen LogP contribution in [0.2, 0.25) is 5.02 Å². The second kappa shape index (κ2) is 7.58. The van der Waals surface area contributed by atoms with Gasteiger partial charge in [-0.2, -0.15) is 0 Å². The number of anilines is 2. The number of hydrogen-bond acceptors (Lipinski definition) is 6. The standard InChI is InChI=1S/C14H17ClN4O3S/c1-10-9-11(3-4-12(10)15)23(20,21)19-14-6-5-13(17-18-14)16-7-8-22-2/h3-6,9H,7-8H2,1-2H3,(H,16,17)(H,18,19). The number of rotatable bonds is 7. The van der Waals surface area contributed by atoms with Crippen molar-refractivity contribution in [3.8, 4) is 0 Å². The molecule has 1 aromatic carbocycles. The van der Waals surface area contributed by atoms with Crippen LogP contribution in [-0.4, -0.2) is 38.9 Å². The zero-order valence-electron chi connectivity index (χ0n) is 12.7. The summed E-state index contributed by atoms with van der Waals surface area (Å²) in [6, 6.07) is 7.64. The molecule has 0 unspecified atom stereocenters. The summed E-state index contributed by atoms with van der Waals surface area (Å²) in [5.74, 6) is 0.669. The summed E-state index contributed by atoms with van der Waals surface area (Å²) in [6.07, 6.45) is 0. The van der Waals surface area contributed by atoms with Gasteiger partial charge >= 0.3 is 0 Å². The Hall–Kier alpha value is -1.90. The molecule has 9 heteroatoms. The molecule has 0 bridgehead atoms. The third-order valence-electron chi connectivity index (χ3n) is 2.96. The van der Waals surface area contributed by atoms with E-state index in [1.165, 1.54) is 18.2 Å². The normalized spacial score (nSPS) is 11.3. The first-order chi connectivity index (χ1) is 10.9. The van der Waals surface area contributed by atoms with Crippen molar-refractivity contribution >= 4 is 33.3 Å². The van der Waals surface area contributed by atoms with E-state index in [1.54, 1.807) is 26.2 Å². The molecule has 0 spiro atoms. The topological polar surface area (TPSA) is 93.2 Å². The van der Waals surface area contributed by atoms with E-state index in [9.17, 15) is 8.42 Å². The van der Waals surface area contributed by atoms with Gasteiger partial charge in [-0.25, -0.2) is 8.42 Å². The van der Waals surface area contributed by atoms with Crippen molar-refractivity contribution in [3.63, 3.8) is 0 Å². The SMILES string of the molecule is COCCNc1ccc(NS(=O)(=O)c2ccc(Cl)c(C)c2)nn1. The van der Waals surface area contributed by atoms with Crippen LogP contribution in [0.5, 0.6) is 0 Å². The highest BCUT2D eigenvalue weighted by molar-refractivity contribution is 7.92. The van der Waals surface area contributed by atoms with Crippen LogP contribution in [0, 0.1) is 6.92 Å². The van der Waals surface area contributed by atoms with Gasteiger partial charge in [0.05, 0.1) is 11.5 Å². The Balaban J connectivity index is 2.09. The maximum atomic E-state index is 12.3. The Morgan fingerprint density at radius 1 is 1.17 bits per heavy atom. The molecular weight excluding hydrogens is 340 g/mol. The molecule has 124 valence electrons. The molecule has 2 rings (SSSR count). The first kappa shape index (κ1) is 17.5. The van der Waals surface area contributed by atoms with Crippen LogP contribution < -0.4 is 10.0 Å². The monoisotopic (exact) mass is 356 g/mol. The second-order valence-corrected chi connectivity index (χ2v) is 6.83. The number of nitrogens with zero attached hydrogens (tertiary/aromatic N) is 2. The van der Waals surface area contributed by atoms with Gasteiger partial charge in [0, 0.05) is 18.7 Å². The van der Waals surface area contributed by atoms with Gasteiger partial charge in [0.2, 0.25) is 0 Å². The number of hydrogen-bond donors (Lipinski definition) is 2. The van der Waals surface area contributed by atoms with E-state index in [4.69, 9.17) is 16.3 Å². The van der Waals surface area contributed by atoms with E-state index in [-0.39, 0.29) is 10.7 Å². The fourth-order valence-electron chi connectivity index (χ4n) is 1.74. The van der Waals surface area contributed by atoms with Crippen LogP contribution >= 0.6 is 11.6 Å². The minimum Gasteiger partial charge on any atom is -0.383 e. The van der Waals surface area contributed by atoms with E-state index in [0.29, 0.717) is 29.6 Å². The van der Waals surface area contributed by atoms with E-state index in [2.05, 4.69) is 20.2 Å². The van der Waals surface area contributed by atoms with Gasteiger partial charge in [-0.3, -0.25) is 4.72 Å². The maximum Gasteiger partial charge on any atom is 0.263 e. The lowest BCUT2D eigenvalue weighted by Crippen LogP contribution is -2.15. The van der Waals surface area contributed by atoms with Gasteiger partial charge in [-0.05, 0) is 42.8 Å². The zero-order chi connectivity index (χ0) is 16.9. The lowest BCUT2D eigenvalue weighted by Gasteiger charge is -2.09. The molecule has 2 N–H and O–H groups in total. The average molecular weight is 357 g/mol. The van der Waals surface area contributed by atoms with Crippen molar-refractivity contribution in [2.45, 2.75) is 11.8 Å². The highest BCUT2D eigenvalue weighted by Crippen LogP contribution is 2.21. The summed E-state index contributed by atoms with van der Waals surface area (Å²) < 4.78 is 31.9. The van der Waals surface area contributed by atoms with Crippen molar-refractivity contribution < 1.29 is 13.2 Å². The van der Waals surface area contributed by atoms with Gasteiger partial charge in [0.25, 0.3) is 10.0 Å². The maximum absolute atomic E-state index is 12.3. The summed E-state index contributed by atoms with van der Waals surface area (Å²) in [5.41, 5.74) is 0.679. The molecule has 2 aromatic rings. The largest absolute Gasteiger partial charge is 0.383 e. The lowest BCUT2D eigenvalue weighted by atomic mass is 10.2. The summed E-state index contributed by atoms with van der Waals surface area (Å²) in [4.78, 5) is 0.114. The quantitative estimate of drug-likeness (QED) is 0.739. The van der Waals surface area contributed by atoms with Crippen LogP contribution in [0.3, 0.4) is 0 Å². The van der Waals surface area contributed by atoms with Crippen molar-refractivity contribution in [1.29, 1.82) is 0 Å². The van der Waals surface area contributed by atoms with Crippen molar-refractivity contribution in [2.75, 3.05) is 30.3 Å². The molecule has 0 atom stereocenters. The summed E-state index contributed by atoms with van der Waals surface area (Å²) in [7, 11) is -2.14. The molecule has 0 fully saturated rings. The molecule has 0 saturated heterocycles. The van der Waals surface area contributed by atoms with E-state index < -0.39 is 10.0 Å². The van der Waals surface area contributed by atoms with Gasteiger partial charge in [0.1, 0.15) is 5.82 Å². The molecule has 0 saturated carbocycles. The Kier molecular flexibility index (Phi) is 5.75. The first-order valence-corrected chi connectivity index (χ1v) is 8.64. The molecule has 7 nitrogen and oxygen atoms in total. The number of sulfonamides is 1. The third-order valence-corrected chi connectivity index (χ3v) is 4.73. The Bertz CT molecular complexity index is 766. The van der Waals surface area contributed by atoms with Crippen LogP contribution in [0.1, 0.15) is 5.56 Å². The molecule has 1 aromatic heterocycles. The number of aryl methyl sites for hydroxylation is 1. The van der Waals surface area contributed by atoms with Crippen molar-refractivity contribution in [1.82, 2.24) is 10.2 Å². The highest BCUT2D eigenvalue weighted by atomic mass is 35.5. The van der Waals surface area contributed by atoms with E-state index in [1.807, 2.05) is 0 Å².